The molecule has 2 atom stereocenters. The van der Waals surface area contributed by atoms with E-state index in [4.69, 9.17) is 4.74 Å². The van der Waals surface area contributed by atoms with Gasteiger partial charge in [-0.15, -0.1) is 0 Å². The van der Waals surface area contributed by atoms with E-state index in [0.29, 0.717) is 12.5 Å². The molecule has 0 radical (unpaired) electrons. The molecule has 2 saturated heterocycles. The van der Waals surface area contributed by atoms with Gasteiger partial charge >= 0.3 is 0 Å². The molecule has 2 N–H and O–H groups in total. The van der Waals surface area contributed by atoms with Crippen LogP contribution in [0, 0.1) is 5.92 Å². The summed E-state index contributed by atoms with van der Waals surface area (Å²) >= 11 is 0. The first-order valence-corrected chi connectivity index (χ1v) is 7.45. The summed E-state index contributed by atoms with van der Waals surface area (Å²) in [7, 11) is 0. The average molecular weight is 270 g/mol. The summed E-state index contributed by atoms with van der Waals surface area (Å²) in [6.07, 6.45) is 4.09. The molecule has 0 spiro atoms. The van der Waals surface area contributed by atoms with Crippen LogP contribution in [0.15, 0.2) is 0 Å². The fourth-order valence-corrected chi connectivity index (χ4v) is 2.89. The van der Waals surface area contributed by atoms with E-state index in [1.807, 2.05) is 11.8 Å². The summed E-state index contributed by atoms with van der Waals surface area (Å²) in [5.41, 5.74) is 0. The number of nitrogens with one attached hydrogen (secondary N) is 1. The van der Waals surface area contributed by atoms with E-state index < -0.39 is 0 Å². The molecule has 5 nitrogen and oxygen atoms in total. The molecule has 0 aliphatic carbocycles. The minimum Gasteiger partial charge on any atom is -0.393 e. The van der Waals surface area contributed by atoms with Gasteiger partial charge < -0.3 is 20.1 Å². The van der Waals surface area contributed by atoms with E-state index in [-0.39, 0.29) is 18.1 Å². The quantitative estimate of drug-likeness (QED) is 0.758. The monoisotopic (exact) mass is 270 g/mol. The second-order valence-corrected chi connectivity index (χ2v) is 5.72. The number of carbonyl (C=O) groups is 1. The van der Waals surface area contributed by atoms with Crippen LogP contribution >= 0.6 is 0 Å². The van der Waals surface area contributed by atoms with Gasteiger partial charge in [0.15, 0.2) is 0 Å². The van der Waals surface area contributed by atoms with Crippen LogP contribution in [0.4, 0.5) is 0 Å². The lowest BCUT2D eigenvalue weighted by molar-refractivity contribution is -0.132. The average Bonchev–Trinajstić information content (AvgIpc) is 2.92. The van der Waals surface area contributed by atoms with Gasteiger partial charge in [-0.1, -0.05) is 0 Å². The van der Waals surface area contributed by atoms with E-state index in [1.54, 1.807) is 0 Å². The molecule has 19 heavy (non-hydrogen) atoms. The Hall–Kier alpha value is -0.650. The van der Waals surface area contributed by atoms with Crippen molar-refractivity contribution < 1.29 is 14.6 Å². The lowest BCUT2D eigenvalue weighted by Gasteiger charge is -2.33. The van der Waals surface area contributed by atoms with E-state index >= 15 is 0 Å². The Labute approximate surface area is 115 Å². The van der Waals surface area contributed by atoms with Crippen molar-refractivity contribution in [3.8, 4) is 0 Å². The highest BCUT2D eigenvalue weighted by Gasteiger charge is 2.25. The first kappa shape index (κ1) is 14.8. The van der Waals surface area contributed by atoms with Crippen LogP contribution in [0.25, 0.3) is 0 Å². The topological polar surface area (TPSA) is 61.8 Å². The molecule has 0 aromatic heterocycles. The van der Waals surface area contributed by atoms with Crippen LogP contribution in [-0.2, 0) is 9.53 Å². The lowest BCUT2D eigenvalue weighted by Crippen LogP contribution is -2.45. The van der Waals surface area contributed by atoms with Gasteiger partial charge in [-0.3, -0.25) is 4.79 Å². The first-order valence-electron chi connectivity index (χ1n) is 7.45. The third-order valence-electron chi connectivity index (χ3n) is 4.25. The summed E-state index contributed by atoms with van der Waals surface area (Å²) in [6.45, 7) is 5.42. The molecular weight excluding hydrogens is 244 g/mol. The van der Waals surface area contributed by atoms with E-state index in [2.05, 4.69) is 5.32 Å². The standard InChI is InChI=1S/C14H26N2O3/c1-11(17)12-4-6-16(7-5-12)14(18)10-15-9-13-3-2-8-19-13/h11-13,15,17H,2-10H2,1H3. The van der Waals surface area contributed by atoms with Gasteiger partial charge in [0.25, 0.3) is 0 Å². The predicted octanol–water partition coefficient (Wildman–Crippen LogP) is 0.374. The SMILES string of the molecule is CC(O)C1CCN(C(=O)CNCC2CCCO2)CC1. The highest BCUT2D eigenvalue weighted by atomic mass is 16.5. The van der Waals surface area contributed by atoms with Gasteiger partial charge in [-0.25, -0.2) is 0 Å². The number of ether oxygens (including phenoxy) is 1. The minimum atomic E-state index is -0.255. The molecule has 2 aliphatic heterocycles. The molecule has 2 heterocycles. The third-order valence-corrected chi connectivity index (χ3v) is 4.25. The van der Waals surface area contributed by atoms with Crippen LogP contribution in [0.2, 0.25) is 0 Å². The number of nitrogens with zero attached hydrogens (tertiary/aromatic N) is 1. The number of hydrogen-bond acceptors (Lipinski definition) is 4. The van der Waals surface area contributed by atoms with Gasteiger partial charge in [-0.05, 0) is 38.5 Å². The van der Waals surface area contributed by atoms with Gasteiger partial charge in [-0.2, -0.15) is 0 Å². The summed E-state index contributed by atoms with van der Waals surface area (Å²) < 4.78 is 5.51. The molecule has 0 aromatic rings. The van der Waals surface area contributed by atoms with Gasteiger partial charge in [0.05, 0.1) is 18.8 Å². The van der Waals surface area contributed by atoms with Crippen LogP contribution in [-0.4, -0.2) is 60.9 Å². The summed E-state index contributed by atoms with van der Waals surface area (Å²) in [4.78, 5) is 13.9. The zero-order valence-electron chi connectivity index (χ0n) is 11.8. The summed E-state index contributed by atoms with van der Waals surface area (Å²) in [5.74, 6) is 0.519. The largest absolute Gasteiger partial charge is 0.393 e. The number of rotatable bonds is 5. The van der Waals surface area contributed by atoms with Crippen LogP contribution in [0.5, 0.6) is 0 Å². The van der Waals surface area contributed by atoms with Crippen LogP contribution in [0.1, 0.15) is 32.6 Å². The van der Waals surface area contributed by atoms with Gasteiger partial charge in [0.1, 0.15) is 0 Å². The van der Waals surface area contributed by atoms with Gasteiger partial charge in [0, 0.05) is 26.2 Å². The Balaban J connectivity index is 1.61. The van der Waals surface area contributed by atoms with Gasteiger partial charge in [0.2, 0.25) is 5.91 Å². The number of aliphatic hydroxyl groups is 1. The smallest absolute Gasteiger partial charge is 0.236 e. The second kappa shape index (κ2) is 7.22. The molecule has 2 unspecified atom stereocenters. The molecule has 5 heteroatoms. The number of piperidine rings is 1. The lowest BCUT2D eigenvalue weighted by atomic mass is 9.92. The molecule has 1 amide bonds. The molecule has 2 rings (SSSR count). The number of hydrogen-bond donors (Lipinski definition) is 2. The zero-order chi connectivity index (χ0) is 13.7. The highest BCUT2D eigenvalue weighted by Crippen LogP contribution is 2.20. The Bertz CT molecular complexity index is 282. The van der Waals surface area contributed by atoms with Crippen molar-refractivity contribution >= 4 is 5.91 Å². The zero-order valence-corrected chi connectivity index (χ0v) is 11.8. The molecule has 0 bridgehead atoms. The maximum absolute atomic E-state index is 12.0. The molecule has 0 aromatic carbocycles. The van der Waals surface area contributed by atoms with Crippen molar-refractivity contribution in [2.45, 2.75) is 44.8 Å². The number of amides is 1. The maximum Gasteiger partial charge on any atom is 0.236 e. The first-order chi connectivity index (χ1) is 9.16. The predicted molar refractivity (Wildman–Crippen MR) is 72.8 cm³/mol. The van der Waals surface area contributed by atoms with Crippen molar-refractivity contribution in [3.63, 3.8) is 0 Å². The third kappa shape index (κ3) is 4.44. The minimum absolute atomic E-state index is 0.169. The van der Waals surface area contributed by atoms with Crippen molar-refractivity contribution in [2.75, 3.05) is 32.8 Å². The highest BCUT2D eigenvalue weighted by molar-refractivity contribution is 5.78. The van der Waals surface area contributed by atoms with Crippen LogP contribution in [0.3, 0.4) is 0 Å². The fraction of sp³-hybridized carbons (Fsp3) is 0.929. The number of carbonyl (C=O) groups excluding carboxylic acids is 1. The Morgan fingerprint density at radius 2 is 2.16 bits per heavy atom. The van der Waals surface area contributed by atoms with Crippen LogP contribution < -0.4 is 5.32 Å². The fourth-order valence-electron chi connectivity index (χ4n) is 2.89. The molecule has 0 saturated carbocycles. The molecule has 110 valence electrons. The van der Waals surface area contributed by atoms with Crippen molar-refractivity contribution in [2.24, 2.45) is 5.92 Å². The number of likely N-dealkylation sites (tertiary alicyclic amines) is 1. The normalized spacial score (nSPS) is 26.6. The van der Waals surface area contributed by atoms with Crippen molar-refractivity contribution in [1.29, 1.82) is 0 Å². The second-order valence-electron chi connectivity index (χ2n) is 5.72. The van der Waals surface area contributed by atoms with Crippen molar-refractivity contribution in [1.82, 2.24) is 10.2 Å². The maximum atomic E-state index is 12.0. The van der Waals surface area contributed by atoms with E-state index in [9.17, 15) is 9.90 Å². The Morgan fingerprint density at radius 1 is 1.42 bits per heavy atom. The summed E-state index contributed by atoms with van der Waals surface area (Å²) in [6, 6.07) is 0. The molecule has 2 aliphatic rings. The Kier molecular flexibility index (Phi) is 5.60. The molecular formula is C14H26N2O3. The van der Waals surface area contributed by atoms with E-state index in [0.717, 1.165) is 51.9 Å². The molecule has 2 fully saturated rings. The van der Waals surface area contributed by atoms with Crippen molar-refractivity contribution in [3.05, 3.63) is 0 Å². The number of aliphatic hydroxyl groups excluding tert-OH is 1. The summed E-state index contributed by atoms with van der Waals surface area (Å²) in [5, 5.41) is 12.7. The Morgan fingerprint density at radius 3 is 2.74 bits per heavy atom. The van der Waals surface area contributed by atoms with E-state index in [1.165, 1.54) is 0 Å².